The van der Waals surface area contributed by atoms with Crippen LogP contribution in [-0.2, 0) is 12.8 Å². The minimum atomic E-state index is -0.638. The smallest absolute Gasteiger partial charge is 0.275 e. The fourth-order valence-electron chi connectivity index (χ4n) is 4.95. The number of nitrogens with zero attached hydrogens (tertiary/aromatic N) is 3. The van der Waals surface area contributed by atoms with Crippen LogP contribution in [0.4, 0.5) is 0 Å². The molecule has 2 aliphatic rings. The quantitative estimate of drug-likeness (QED) is 0.680. The number of aromatic hydroxyl groups is 1. The van der Waals surface area contributed by atoms with Crippen LogP contribution in [0.25, 0.3) is 0 Å². The number of hydrogen-bond acceptors (Lipinski definition) is 4. The van der Waals surface area contributed by atoms with Gasteiger partial charge in [0.2, 0.25) is 5.43 Å². The summed E-state index contributed by atoms with van der Waals surface area (Å²) in [5.74, 6) is -0.972. The van der Waals surface area contributed by atoms with Gasteiger partial charge in [0.1, 0.15) is 0 Å². The van der Waals surface area contributed by atoms with Crippen LogP contribution in [0, 0.1) is 6.92 Å². The molecule has 0 saturated carbocycles. The molecule has 2 aromatic carbocycles. The summed E-state index contributed by atoms with van der Waals surface area (Å²) >= 11 is 0. The zero-order chi connectivity index (χ0) is 21.0. The van der Waals surface area contributed by atoms with Gasteiger partial charge in [-0.1, -0.05) is 48.0 Å². The average Bonchev–Trinajstić information content (AvgIpc) is 2.89. The van der Waals surface area contributed by atoms with Gasteiger partial charge in [-0.15, -0.1) is 0 Å². The van der Waals surface area contributed by atoms with E-state index in [1.807, 2.05) is 6.07 Å². The van der Waals surface area contributed by atoms with Crippen LogP contribution < -0.4 is 5.43 Å². The predicted molar refractivity (Wildman–Crippen MR) is 113 cm³/mol. The zero-order valence-electron chi connectivity index (χ0n) is 17.0. The van der Waals surface area contributed by atoms with Crippen molar-refractivity contribution in [2.45, 2.75) is 31.7 Å². The molecule has 6 heteroatoms. The second kappa shape index (κ2) is 6.83. The van der Waals surface area contributed by atoms with E-state index in [1.54, 1.807) is 16.6 Å². The van der Waals surface area contributed by atoms with Gasteiger partial charge in [0.15, 0.2) is 11.4 Å². The molecule has 2 heterocycles. The maximum atomic E-state index is 12.8. The summed E-state index contributed by atoms with van der Waals surface area (Å²) in [7, 11) is 1.70. The van der Waals surface area contributed by atoms with E-state index in [9.17, 15) is 14.7 Å². The number of aryl methyl sites for hydroxylation is 3. The first-order valence-corrected chi connectivity index (χ1v) is 10.2. The second-order valence-electron chi connectivity index (χ2n) is 8.28. The van der Waals surface area contributed by atoms with E-state index < -0.39 is 11.2 Å². The number of carbonyl (C=O) groups excluding carboxylic acids is 1. The summed E-state index contributed by atoms with van der Waals surface area (Å²) in [6.45, 7) is 2.53. The topological polar surface area (TPSA) is 75.4 Å². The molecule has 2 atom stereocenters. The van der Waals surface area contributed by atoms with Gasteiger partial charge < -0.3 is 10.0 Å². The highest BCUT2D eigenvalue weighted by molar-refractivity contribution is 5.95. The molecule has 5 rings (SSSR count). The summed E-state index contributed by atoms with van der Waals surface area (Å²) in [6.07, 6.45) is 2.99. The van der Waals surface area contributed by atoms with Crippen LogP contribution in [0.5, 0.6) is 5.75 Å². The Kier molecular flexibility index (Phi) is 4.24. The van der Waals surface area contributed by atoms with Crippen LogP contribution >= 0.6 is 0 Å². The highest BCUT2D eigenvalue weighted by atomic mass is 16.3. The highest BCUT2D eigenvalue weighted by Crippen LogP contribution is 2.43. The minimum Gasteiger partial charge on any atom is -0.502 e. The van der Waals surface area contributed by atoms with E-state index in [-0.39, 0.29) is 23.6 Å². The van der Waals surface area contributed by atoms with Gasteiger partial charge in [-0.25, -0.2) is 0 Å². The molecule has 1 N–H and O–H groups in total. The lowest BCUT2D eigenvalue weighted by atomic mass is 9.81. The molecule has 0 saturated heterocycles. The number of carbonyl (C=O) groups is 1. The molecule has 1 amide bonds. The van der Waals surface area contributed by atoms with Gasteiger partial charge in [-0.2, -0.15) is 5.10 Å². The lowest BCUT2D eigenvalue weighted by molar-refractivity contribution is 0.0686. The molecular formula is C24H23N3O3. The third kappa shape index (κ3) is 2.75. The highest BCUT2D eigenvalue weighted by Gasteiger charge is 2.40. The van der Waals surface area contributed by atoms with Crippen molar-refractivity contribution in [1.82, 2.24) is 14.7 Å². The first-order chi connectivity index (χ1) is 14.5. The number of hydrogen-bond donors (Lipinski definition) is 1. The molecule has 0 spiro atoms. The lowest BCUT2D eigenvalue weighted by Crippen LogP contribution is -2.45. The maximum absolute atomic E-state index is 12.8. The molecule has 0 radical (unpaired) electrons. The Labute approximate surface area is 174 Å². The summed E-state index contributed by atoms with van der Waals surface area (Å²) in [5, 5.41) is 14.7. The van der Waals surface area contributed by atoms with Crippen LogP contribution in [-0.4, -0.2) is 39.3 Å². The van der Waals surface area contributed by atoms with Gasteiger partial charge in [-0.05, 0) is 42.0 Å². The van der Waals surface area contributed by atoms with Crippen molar-refractivity contribution in [3.05, 3.63) is 92.4 Å². The van der Waals surface area contributed by atoms with Gasteiger partial charge in [-0.3, -0.25) is 14.3 Å². The molecule has 6 nitrogen and oxygen atoms in total. The molecule has 1 aliphatic carbocycles. The summed E-state index contributed by atoms with van der Waals surface area (Å²) in [5.41, 5.74) is 5.54. The third-order valence-corrected chi connectivity index (χ3v) is 6.38. The maximum Gasteiger partial charge on any atom is 0.275 e. The summed E-state index contributed by atoms with van der Waals surface area (Å²) < 4.78 is 1.56. The monoisotopic (exact) mass is 401 g/mol. The number of benzene rings is 2. The Hall–Kier alpha value is -3.41. The van der Waals surface area contributed by atoms with Gasteiger partial charge in [0.05, 0.1) is 12.2 Å². The number of rotatable bonds is 1. The van der Waals surface area contributed by atoms with Crippen LogP contribution in [0.1, 0.15) is 50.3 Å². The third-order valence-electron chi connectivity index (χ3n) is 6.38. The fraction of sp³-hybridized carbons (Fsp3) is 0.292. The van der Waals surface area contributed by atoms with Crippen molar-refractivity contribution in [3.63, 3.8) is 0 Å². The lowest BCUT2D eigenvalue weighted by Gasteiger charge is -2.38. The molecule has 152 valence electrons. The molecular weight excluding hydrogens is 378 g/mol. The average molecular weight is 401 g/mol. The molecule has 1 aromatic heterocycles. The molecule has 30 heavy (non-hydrogen) atoms. The first kappa shape index (κ1) is 18.6. The SMILES string of the molecule is Cc1ccc2c(c1)CCc1ccccc1C2C1CN(C)C(=O)c2c(O)c(=O)cnn21. The van der Waals surface area contributed by atoms with Gasteiger partial charge >= 0.3 is 0 Å². The van der Waals surface area contributed by atoms with E-state index in [2.05, 4.69) is 48.4 Å². The molecule has 3 aromatic rings. The van der Waals surface area contributed by atoms with Crippen molar-refractivity contribution in [1.29, 1.82) is 0 Å². The molecule has 0 fully saturated rings. The number of likely N-dealkylation sites (N-methyl/N-ethyl adjacent to an activating group) is 1. The predicted octanol–water partition coefficient (Wildman–Crippen LogP) is 2.81. The van der Waals surface area contributed by atoms with E-state index in [0.29, 0.717) is 6.54 Å². The first-order valence-electron chi connectivity index (χ1n) is 10.2. The Bertz CT molecular complexity index is 1230. The Morgan fingerprint density at radius 1 is 1.03 bits per heavy atom. The largest absolute Gasteiger partial charge is 0.502 e. The van der Waals surface area contributed by atoms with Gasteiger partial charge in [0.25, 0.3) is 5.91 Å². The molecule has 2 unspecified atom stereocenters. The molecule has 1 aliphatic heterocycles. The van der Waals surface area contributed by atoms with Crippen LogP contribution in [0.15, 0.2) is 53.5 Å². The normalized spacial score (nSPS) is 20.2. The van der Waals surface area contributed by atoms with Crippen molar-refractivity contribution in [2.75, 3.05) is 13.6 Å². The van der Waals surface area contributed by atoms with Gasteiger partial charge in [0, 0.05) is 19.5 Å². The number of amides is 1. The van der Waals surface area contributed by atoms with E-state index in [4.69, 9.17) is 0 Å². The van der Waals surface area contributed by atoms with Crippen molar-refractivity contribution < 1.29 is 9.90 Å². The Morgan fingerprint density at radius 2 is 1.77 bits per heavy atom. The van der Waals surface area contributed by atoms with E-state index in [1.165, 1.54) is 27.8 Å². The van der Waals surface area contributed by atoms with Crippen molar-refractivity contribution >= 4 is 5.91 Å². The van der Waals surface area contributed by atoms with E-state index >= 15 is 0 Å². The Morgan fingerprint density at radius 3 is 2.60 bits per heavy atom. The second-order valence-corrected chi connectivity index (χ2v) is 8.28. The zero-order valence-corrected chi connectivity index (χ0v) is 17.0. The standard InChI is InChI=1S/C24H23N3O3/c1-14-7-10-18-16(11-14)9-8-15-5-3-4-6-17(15)21(18)19-13-26(2)24(30)22-23(29)20(28)12-25-27(19)22/h3-7,10-12,19,21,29H,8-9,13H2,1-2H3. The van der Waals surface area contributed by atoms with Crippen LogP contribution in [0.3, 0.4) is 0 Å². The van der Waals surface area contributed by atoms with Crippen molar-refractivity contribution in [3.8, 4) is 5.75 Å². The molecule has 0 bridgehead atoms. The Balaban J connectivity index is 1.79. The fourth-order valence-corrected chi connectivity index (χ4v) is 4.95. The summed E-state index contributed by atoms with van der Waals surface area (Å²) in [6, 6.07) is 14.7. The minimum absolute atomic E-state index is 0.0309. The van der Waals surface area contributed by atoms with E-state index in [0.717, 1.165) is 19.0 Å². The summed E-state index contributed by atoms with van der Waals surface area (Å²) in [4.78, 5) is 26.4. The van der Waals surface area contributed by atoms with Crippen molar-refractivity contribution in [2.24, 2.45) is 0 Å². The number of fused-ring (bicyclic) bond motifs is 3. The van der Waals surface area contributed by atoms with Crippen LogP contribution in [0.2, 0.25) is 0 Å². The number of aromatic nitrogens is 2.